The summed E-state index contributed by atoms with van der Waals surface area (Å²) in [5.41, 5.74) is 0. The molecular weight excluding hydrogens is 316 g/mol. The van der Waals surface area contributed by atoms with Gasteiger partial charge in [-0.15, -0.1) is 0 Å². The summed E-state index contributed by atoms with van der Waals surface area (Å²) in [5.74, 6) is 2.77. The maximum absolute atomic E-state index is 5.54. The van der Waals surface area contributed by atoms with Crippen LogP contribution in [0.2, 0.25) is 6.04 Å². The van der Waals surface area contributed by atoms with Crippen molar-refractivity contribution in [1.29, 1.82) is 0 Å². The van der Waals surface area contributed by atoms with Gasteiger partial charge in [0.05, 0.1) is 0 Å². The fourth-order valence-corrected chi connectivity index (χ4v) is 12.7. The average Bonchev–Trinajstić information content (AvgIpc) is 3.13. The van der Waals surface area contributed by atoms with Gasteiger partial charge in [-0.25, -0.2) is 0 Å². The van der Waals surface area contributed by atoms with Crippen LogP contribution in [0, 0.1) is 17.8 Å². The first-order chi connectivity index (χ1) is 9.23. The quantitative estimate of drug-likeness (QED) is 0.542. The molecule has 0 aromatic carbocycles. The van der Waals surface area contributed by atoms with Gasteiger partial charge in [0.1, 0.15) is 0 Å². The molecule has 5 unspecified atom stereocenters. The van der Waals surface area contributed by atoms with Crippen molar-refractivity contribution in [2.75, 3.05) is 21.3 Å². The van der Waals surface area contributed by atoms with Crippen LogP contribution in [-0.2, 0) is 13.3 Å². The Balaban J connectivity index is 1.57. The molecule has 1 saturated heterocycles. The Morgan fingerprint density at radius 2 is 1.68 bits per heavy atom. The lowest BCUT2D eigenvalue weighted by molar-refractivity contribution is 0.120. The van der Waals surface area contributed by atoms with E-state index in [0.29, 0.717) is 0 Å². The van der Waals surface area contributed by atoms with Crippen molar-refractivity contribution < 1.29 is 13.3 Å². The van der Waals surface area contributed by atoms with E-state index in [1.165, 1.54) is 19.3 Å². The number of rotatable bonds is 6. The van der Waals surface area contributed by atoms with Crippen molar-refractivity contribution >= 4 is 40.2 Å². The molecule has 0 amide bonds. The molecule has 110 valence electrons. The molecule has 0 radical (unpaired) electrons. The van der Waals surface area contributed by atoms with Gasteiger partial charge in [0.25, 0.3) is 0 Å². The standard InChI is InChI=1S/C12H22O3S3Si/c1-13-19(14-2,15-3)5-4-8-6-9-7-10(8)12-11(9)16-18-17-12/h8-12H,4-7H2,1-3H3. The molecule has 2 aliphatic carbocycles. The van der Waals surface area contributed by atoms with E-state index >= 15 is 0 Å². The van der Waals surface area contributed by atoms with Crippen LogP contribution < -0.4 is 0 Å². The lowest BCUT2D eigenvalue weighted by atomic mass is 9.86. The van der Waals surface area contributed by atoms with Crippen molar-refractivity contribution in [3.8, 4) is 0 Å². The number of hydrogen-bond acceptors (Lipinski definition) is 6. The minimum Gasteiger partial charge on any atom is -0.377 e. The highest BCUT2D eigenvalue weighted by molar-refractivity contribution is 9.11. The van der Waals surface area contributed by atoms with Crippen LogP contribution in [0.25, 0.3) is 0 Å². The molecular formula is C12H22O3S3Si. The zero-order valence-electron chi connectivity index (χ0n) is 11.7. The fourth-order valence-electron chi connectivity index (χ4n) is 4.01. The summed E-state index contributed by atoms with van der Waals surface area (Å²) < 4.78 is 16.6. The monoisotopic (exact) mass is 338 g/mol. The summed E-state index contributed by atoms with van der Waals surface area (Å²) in [6.07, 6.45) is 4.09. The summed E-state index contributed by atoms with van der Waals surface area (Å²) in [6.45, 7) is 0. The Labute approximate surface area is 128 Å². The van der Waals surface area contributed by atoms with E-state index < -0.39 is 8.80 Å². The maximum atomic E-state index is 5.54. The molecule has 1 heterocycles. The molecule has 0 N–H and O–H groups in total. The van der Waals surface area contributed by atoms with Crippen LogP contribution in [0.5, 0.6) is 0 Å². The Hall–Kier alpha value is 1.15. The Morgan fingerprint density at radius 3 is 2.37 bits per heavy atom. The van der Waals surface area contributed by atoms with E-state index in [4.69, 9.17) is 13.3 Å². The highest BCUT2D eigenvalue weighted by Crippen LogP contribution is 2.67. The van der Waals surface area contributed by atoms with Crippen LogP contribution in [0.4, 0.5) is 0 Å². The SMILES string of the molecule is CO[Si](CCC1CC2CC1C1SSSC21)(OC)OC. The lowest BCUT2D eigenvalue weighted by Crippen LogP contribution is -2.43. The van der Waals surface area contributed by atoms with E-state index in [-0.39, 0.29) is 0 Å². The second-order valence-electron chi connectivity index (χ2n) is 5.68. The van der Waals surface area contributed by atoms with Crippen LogP contribution in [-0.4, -0.2) is 40.6 Å². The van der Waals surface area contributed by atoms with Gasteiger partial charge >= 0.3 is 8.80 Å². The first kappa shape index (κ1) is 15.1. The van der Waals surface area contributed by atoms with Gasteiger partial charge in [-0.3, -0.25) is 0 Å². The summed E-state index contributed by atoms with van der Waals surface area (Å²) >= 11 is 0. The smallest absolute Gasteiger partial charge is 0.377 e. The normalized spacial score (nSPS) is 40.9. The van der Waals surface area contributed by atoms with Crippen LogP contribution in [0.3, 0.4) is 0 Å². The van der Waals surface area contributed by atoms with E-state index in [1.54, 1.807) is 21.3 Å². The third kappa shape index (κ3) is 2.64. The predicted molar refractivity (Wildman–Crippen MR) is 86.3 cm³/mol. The highest BCUT2D eigenvalue weighted by Gasteiger charge is 2.56. The van der Waals surface area contributed by atoms with E-state index in [1.807, 2.05) is 9.83 Å². The largest absolute Gasteiger partial charge is 0.500 e. The van der Waals surface area contributed by atoms with E-state index in [9.17, 15) is 0 Å². The second kappa shape index (κ2) is 6.10. The van der Waals surface area contributed by atoms with Crippen LogP contribution >= 0.6 is 31.4 Å². The van der Waals surface area contributed by atoms with Gasteiger partial charge in [0.2, 0.25) is 0 Å². The van der Waals surface area contributed by atoms with Crippen molar-refractivity contribution in [3.63, 3.8) is 0 Å². The first-order valence-corrected chi connectivity index (χ1v) is 12.4. The van der Waals surface area contributed by atoms with Crippen molar-refractivity contribution in [3.05, 3.63) is 0 Å². The predicted octanol–water partition coefficient (Wildman–Crippen LogP) is 3.69. The number of fused-ring (bicyclic) bond motifs is 5. The summed E-state index contributed by atoms with van der Waals surface area (Å²) in [7, 11) is 9.07. The zero-order chi connectivity index (χ0) is 13.5. The van der Waals surface area contributed by atoms with Crippen molar-refractivity contribution in [1.82, 2.24) is 0 Å². The van der Waals surface area contributed by atoms with Gasteiger partial charge in [-0.2, -0.15) is 0 Å². The molecule has 5 atom stereocenters. The molecule has 3 aliphatic rings. The third-order valence-electron chi connectivity index (χ3n) is 5.05. The molecule has 2 bridgehead atoms. The van der Waals surface area contributed by atoms with E-state index in [0.717, 1.165) is 34.3 Å². The second-order valence-corrected chi connectivity index (χ2v) is 13.2. The fraction of sp³-hybridized carbons (Fsp3) is 1.00. The van der Waals surface area contributed by atoms with Gasteiger partial charge in [-0.05, 0) is 46.8 Å². The molecule has 7 heteroatoms. The Kier molecular flexibility index (Phi) is 4.84. The van der Waals surface area contributed by atoms with Crippen LogP contribution in [0.1, 0.15) is 19.3 Å². The zero-order valence-corrected chi connectivity index (χ0v) is 15.1. The van der Waals surface area contributed by atoms with E-state index in [2.05, 4.69) is 21.6 Å². The molecule has 19 heavy (non-hydrogen) atoms. The third-order valence-corrected chi connectivity index (χ3v) is 13.1. The van der Waals surface area contributed by atoms with Crippen molar-refractivity contribution in [2.24, 2.45) is 17.8 Å². The Morgan fingerprint density at radius 1 is 1.00 bits per heavy atom. The summed E-state index contributed by atoms with van der Waals surface area (Å²) in [5, 5.41) is 1.84. The number of hydrogen-bond donors (Lipinski definition) is 0. The molecule has 0 aromatic heterocycles. The first-order valence-electron chi connectivity index (χ1n) is 6.87. The van der Waals surface area contributed by atoms with Gasteiger partial charge in [0.15, 0.2) is 0 Å². The van der Waals surface area contributed by atoms with Crippen molar-refractivity contribution in [2.45, 2.75) is 35.8 Å². The van der Waals surface area contributed by atoms with Gasteiger partial charge in [-0.1, -0.05) is 21.6 Å². The summed E-state index contributed by atoms with van der Waals surface area (Å²) in [6, 6.07) is 0.965. The summed E-state index contributed by atoms with van der Waals surface area (Å²) in [4.78, 5) is 0. The Bertz CT molecular complexity index is 321. The highest BCUT2D eigenvalue weighted by atomic mass is 33.5. The minimum atomic E-state index is -2.36. The lowest BCUT2D eigenvalue weighted by Gasteiger charge is -2.31. The molecule has 3 fully saturated rings. The average molecular weight is 339 g/mol. The molecule has 2 saturated carbocycles. The van der Waals surface area contributed by atoms with Gasteiger partial charge < -0.3 is 13.3 Å². The molecule has 3 nitrogen and oxygen atoms in total. The topological polar surface area (TPSA) is 27.7 Å². The molecule has 0 spiro atoms. The molecule has 1 aliphatic heterocycles. The molecule has 0 aromatic rings. The minimum absolute atomic E-state index is 0.866. The maximum Gasteiger partial charge on any atom is 0.500 e. The van der Waals surface area contributed by atoms with Crippen LogP contribution in [0.15, 0.2) is 0 Å². The molecule has 3 rings (SSSR count). The van der Waals surface area contributed by atoms with Gasteiger partial charge in [0, 0.05) is 37.9 Å².